The number of alkyl halides is 3. The molecule has 1 atom stereocenters. The maximum Gasteiger partial charge on any atom is 0.416 e. The summed E-state index contributed by atoms with van der Waals surface area (Å²) in [5, 5.41) is 2.72. The lowest BCUT2D eigenvalue weighted by molar-refractivity contribution is -0.139. The van der Waals surface area contributed by atoms with Crippen LogP contribution >= 0.6 is 11.6 Å². The van der Waals surface area contributed by atoms with Gasteiger partial charge < -0.3 is 10.2 Å². The Hall–Kier alpha value is -3.57. The van der Waals surface area contributed by atoms with E-state index < -0.39 is 51.9 Å². The zero-order valence-electron chi connectivity index (χ0n) is 24.5. The fourth-order valence-corrected chi connectivity index (χ4v) is 6.99. The zero-order valence-corrected chi connectivity index (χ0v) is 26.1. The Bertz CT molecular complexity index is 1580. The maximum atomic E-state index is 14.1. The summed E-state index contributed by atoms with van der Waals surface area (Å²) >= 11 is 6.30. The maximum absolute atomic E-state index is 14.1. The van der Waals surface area contributed by atoms with Crippen LogP contribution in [0.2, 0.25) is 5.02 Å². The Morgan fingerprint density at radius 2 is 1.66 bits per heavy atom. The number of sulfonamides is 1. The summed E-state index contributed by atoms with van der Waals surface area (Å²) in [7, 11) is -4.58. The summed E-state index contributed by atoms with van der Waals surface area (Å²) in [6.45, 7) is 2.50. The molecule has 1 saturated carbocycles. The van der Waals surface area contributed by atoms with Crippen molar-refractivity contribution in [1.29, 1.82) is 0 Å². The molecule has 1 fully saturated rings. The number of hydrogen-bond acceptors (Lipinski definition) is 4. The molecule has 3 aromatic carbocycles. The van der Waals surface area contributed by atoms with Crippen LogP contribution in [0.3, 0.4) is 0 Å². The first-order valence-corrected chi connectivity index (χ1v) is 16.2. The monoisotopic (exact) mass is 649 g/mol. The number of nitrogens with zero attached hydrogens (tertiary/aromatic N) is 2. The average molecular weight is 650 g/mol. The molecule has 0 bridgehead atoms. The minimum atomic E-state index is -4.80. The molecule has 7 nitrogen and oxygen atoms in total. The van der Waals surface area contributed by atoms with Crippen molar-refractivity contribution in [2.24, 2.45) is 0 Å². The molecule has 0 radical (unpaired) electrons. The van der Waals surface area contributed by atoms with E-state index in [1.54, 1.807) is 25.1 Å². The number of nitrogens with one attached hydrogen (secondary N) is 1. The highest BCUT2D eigenvalue weighted by molar-refractivity contribution is 7.92. The predicted molar refractivity (Wildman–Crippen MR) is 164 cm³/mol. The van der Waals surface area contributed by atoms with E-state index in [9.17, 15) is 31.2 Å². The van der Waals surface area contributed by atoms with Gasteiger partial charge >= 0.3 is 6.18 Å². The van der Waals surface area contributed by atoms with Gasteiger partial charge in [0.25, 0.3) is 10.0 Å². The molecule has 0 spiro atoms. The molecule has 0 saturated heterocycles. The summed E-state index contributed by atoms with van der Waals surface area (Å²) in [6.07, 6.45) is -0.105. The number of aryl methyl sites for hydroxylation is 1. The molecular weight excluding hydrogens is 615 g/mol. The topological polar surface area (TPSA) is 86.8 Å². The summed E-state index contributed by atoms with van der Waals surface area (Å²) in [5.41, 5.74) is -0.0218. The minimum Gasteiger partial charge on any atom is -0.352 e. The van der Waals surface area contributed by atoms with Gasteiger partial charge in [0.15, 0.2) is 0 Å². The Balaban J connectivity index is 1.75. The first-order chi connectivity index (χ1) is 20.8. The van der Waals surface area contributed by atoms with Gasteiger partial charge in [-0.3, -0.25) is 13.9 Å². The summed E-state index contributed by atoms with van der Waals surface area (Å²) in [6, 6.07) is 15.6. The van der Waals surface area contributed by atoms with Crippen molar-refractivity contribution in [3.05, 3.63) is 94.5 Å². The lowest BCUT2D eigenvalue weighted by Gasteiger charge is -2.33. The Labute approximate surface area is 261 Å². The number of carbonyl (C=O) groups excluding carboxylic acids is 2. The third-order valence-corrected chi connectivity index (χ3v) is 9.80. The second kappa shape index (κ2) is 14.0. The fraction of sp³-hybridized carbons (Fsp3) is 0.375. The lowest BCUT2D eigenvalue weighted by atomic mass is 9.95. The van der Waals surface area contributed by atoms with Crippen LogP contribution in [0.4, 0.5) is 18.9 Å². The van der Waals surface area contributed by atoms with E-state index in [0.717, 1.165) is 49.8 Å². The minimum absolute atomic E-state index is 0.0324. The molecule has 1 aliphatic rings. The molecule has 44 heavy (non-hydrogen) atoms. The number of benzene rings is 3. The molecule has 1 N–H and O–H groups in total. The summed E-state index contributed by atoms with van der Waals surface area (Å²) < 4.78 is 69.5. The molecule has 12 heteroatoms. The van der Waals surface area contributed by atoms with E-state index in [1.165, 1.54) is 29.2 Å². The number of hydrogen-bond donors (Lipinski definition) is 1. The number of halogens is 4. The summed E-state index contributed by atoms with van der Waals surface area (Å²) in [5.74, 6) is -1.18. The van der Waals surface area contributed by atoms with Gasteiger partial charge in [-0.15, -0.1) is 0 Å². The first kappa shape index (κ1) is 33.3. The third kappa shape index (κ3) is 8.12. The molecule has 2 amide bonds. The zero-order chi connectivity index (χ0) is 32.1. The fourth-order valence-electron chi connectivity index (χ4n) is 5.27. The molecule has 0 unspecified atom stereocenters. The summed E-state index contributed by atoms with van der Waals surface area (Å²) in [4.78, 5) is 28.5. The van der Waals surface area contributed by atoms with Crippen molar-refractivity contribution in [3.63, 3.8) is 0 Å². The van der Waals surface area contributed by atoms with Crippen LogP contribution in [0.25, 0.3) is 0 Å². The van der Waals surface area contributed by atoms with Gasteiger partial charge in [-0.05, 0) is 62.6 Å². The van der Waals surface area contributed by atoms with Crippen molar-refractivity contribution < 1.29 is 31.2 Å². The SMILES string of the molecule is Cc1cccc(CN(C(=O)CN(c2cc(C(F)(F)F)ccc2Cl)S(=O)(=O)c2ccccc2)[C@@H](C)C(=O)NC2CCCCC2)c1. The van der Waals surface area contributed by atoms with Gasteiger partial charge in [0.05, 0.1) is 21.2 Å². The van der Waals surface area contributed by atoms with Gasteiger partial charge in [-0.25, -0.2) is 8.42 Å². The quantitative estimate of drug-likeness (QED) is 0.264. The van der Waals surface area contributed by atoms with Crippen molar-refractivity contribution in [3.8, 4) is 0 Å². The van der Waals surface area contributed by atoms with Crippen LogP contribution in [0, 0.1) is 6.92 Å². The lowest BCUT2D eigenvalue weighted by Crippen LogP contribution is -2.53. The highest BCUT2D eigenvalue weighted by Gasteiger charge is 2.36. The van der Waals surface area contributed by atoms with Crippen molar-refractivity contribution in [2.75, 3.05) is 10.8 Å². The Morgan fingerprint density at radius 1 is 0.977 bits per heavy atom. The normalized spacial score (nSPS) is 15.0. The van der Waals surface area contributed by atoms with Gasteiger partial charge in [-0.2, -0.15) is 13.2 Å². The molecule has 4 rings (SSSR count). The highest BCUT2D eigenvalue weighted by Crippen LogP contribution is 2.37. The Kier molecular flexibility index (Phi) is 10.6. The van der Waals surface area contributed by atoms with Gasteiger partial charge in [0.1, 0.15) is 12.6 Å². The molecule has 236 valence electrons. The molecule has 3 aromatic rings. The largest absolute Gasteiger partial charge is 0.416 e. The van der Waals surface area contributed by atoms with E-state index in [2.05, 4.69) is 5.32 Å². The number of anilines is 1. The highest BCUT2D eigenvalue weighted by atomic mass is 35.5. The van der Waals surface area contributed by atoms with Crippen molar-refractivity contribution in [2.45, 2.75) is 75.7 Å². The number of rotatable bonds is 10. The van der Waals surface area contributed by atoms with E-state index in [0.29, 0.717) is 15.9 Å². The van der Waals surface area contributed by atoms with Crippen LogP contribution in [0.1, 0.15) is 55.7 Å². The van der Waals surface area contributed by atoms with Gasteiger partial charge in [-0.1, -0.05) is 78.9 Å². The van der Waals surface area contributed by atoms with E-state index in [-0.39, 0.29) is 22.5 Å². The van der Waals surface area contributed by atoms with Crippen molar-refractivity contribution >= 4 is 39.1 Å². The van der Waals surface area contributed by atoms with Gasteiger partial charge in [0.2, 0.25) is 11.8 Å². The van der Waals surface area contributed by atoms with Crippen LogP contribution in [0.15, 0.2) is 77.7 Å². The van der Waals surface area contributed by atoms with Crippen LogP contribution in [-0.4, -0.2) is 43.8 Å². The molecule has 0 aliphatic heterocycles. The third-order valence-electron chi connectivity index (χ3n) is 7.71. The number of amides is 2. The second-order valence-electron chi connectivity index (χ2n) is 11.0. The van der Waals surface area contributed by atoms with E-state index in [4.69, 9.17) is 11.6 Å². The standard InChI is InChI=1S/C32H35ClF3N3O4S/c1-22-10-9-11-24(18-22)20-38(23(2)31(41)37-26-12-5-3-6-13-26)30(40)21-39(44(42,43)27-14-7-4-8-15-27)29-19-25(32(34,35)36)16-17-28(29)33/h4,7-11,14-19,23,26H,3,5-6,12-13,20-21H2,1-2H3,(H,37,41)/t23-/m0/s1. The average Bonchev–Trinajstić information content (AvgIpc) is 2.99. The molecule has 0 aromatic heterocycles. The van der Waals surface area contributed by atoms with Crippen LogP contribution in [0.5, 0.6) is 0 Å². The Morgan fingerprint density at radius 3 is 2.30 bits per heavy atom. The predicted octanol–water partition coefficient (Wildman–Crippen LogP) is 6.73. The van der Waals surface area contributed by atoms with Crippen molar-refractivity contribution in [1.82, 2.24) is 10.2 Å². The first-order valence-electron chi connectivity index (χ1n) is 14.4. The van der Waals surface area contributed by atoms with Crippen LogP contribution < -0.4 is 9.62 Å². The molecule has 1 aliphatic carbocycles. The van der Waals surface area contributed by atoms with E-state index >= 15 is 0 Å². The van der Waals surface area contributed by atoms with Gasteiger partial charge in [0, 0.05) is 12.6 Å². The van der Waals surface area contributed by atoms with E-state index in [1.807, 2.05) is 19.1 Å². The van der Waals surface area contributed by atoms with Crippen LogP contribution in [-0.2, 0) is 32.3 Å². The second-order valence-corrected chi connectivity index (χ2v) is 13.3. The molecule has 0 heterocycles. The number of carbonyl (C=O) groups is 2. The smallest absolute Gasteiger partial charge is 0.352 e. The molecular formula is C32H35ClF3N3O4S.